The van der Waals surface area contributed by atoms with Gasteiger partial charge in [-0.1, -0.05) is 174 Å². The number of hydrogen-bond acceptors (Lipinski definition) is 10. The number of aliphatic hydroxyl groups is 4. The molecule has 0 aromatic heterocycles. The van der Waals surface area contributed by atoms with Crippen LogP contribution in [0.1, 0.15) is 187 Å². The van der Waals surface area contributed by atoms with Crippen molar-refractivity contribution < 1.29 is 51.8 Å². The Bertz CT molecular complexity index is 1030. The minimum atomic E-state index is -5.08. The van der Waals surface area contributed by atoms with Crippen molar-refractivity contribution >= 4 is 16.3 Å². The molecule has 0 saturated carbocycles. The molecule has 1 amide bonds. The Balaban J connectivity index is 2.48. The lowest BCUT2D eigenvalue weighted by Gasteiger charge is -2.41. The number of carbonyl (C=O) groups is 1. The highest BCUT2D eigenvalue weighted by Crippen LogP contribution is 2.26. The zero-order chi connectivity index (χ0) is 39.9. The molecule has 1 fully saturated rings. The monoisotopic (exact) mass is 794 g/mol. The van der Waals surface area contributed by atoms with Crippen LogP contribution in [0.3, 0.4) is 0 Å². The molecule has 7 unspecified atom stereocenters. The molecular weight excluding hydrogens is 715 g/mol. The lowest BCUT2D eigenvalue weighted by atomic mass is 9.99. The van der Waals surface area contributed by atoms with E-state index in [1.165, 1.54) is 116 Å². The quantitative estimate of drug-likeness (QED) is 0.0208. The van der Waals surface area contributed by atoms with Gasteiger partial charge in [-0.3, -0.25) is 9.35 Å². The van der Waals surface area contributed by atoms with Gasteiger partial charge in [0, 0.05) is 6.42 Å². The number of allylic oxidation sites excluding steroid dienone is 1. The van der Waals surface area contributed by atoms with Crippen molar-refractivity contribution in [2.45, 2.75) is 230 Å². The van der Waals surface area contributed by atoms with Crippen LogP contribution in [0.5, 0.6) is 0 Å². The molecule has 0 spiro atoms. The Hall–Kier alpha value is -1.16. The number of carbonyl (C=O) groups excluding carboxylic acids is 1. The molecule has 54 heavy (non-hydrogen) atoms. The first-order valence-electron chi connectivity index (χ1n) is 21.6. The van der Waals surface area contributed by atoms with E-state index < -0.39 is 59.9 Å². The highest BCUT2D eigenvalue weighted by Gasteiger charge is 2.48. The average molecular weight is 794 g/mol. The van der Waals surface area contributed by atoms with Gasteiger partial charge in [-0.05, 0) is 19.3 Å². The Kier molecular flexibility index (Phi) is 31.0. The zero-order valence-corrected chi connectivity index (χ0v) is 34.6. The van der Waals surface area contributed by atoms with Crippen LogP contribution in [0.2, 0.25) is 0 Å². The van der Waals surface area contributed by atoms with E-state index in [2.05, 4.69) is 23.3 Å². The summed E-state index contributed by atoms with van der Waals surface area (Å²) in [4.78, 5) is 13.0. The maximum Gasteiger partial charge on any atom is 0.397 e. The van der Waals surface area contributed by atoms with Crippen molar-refractivity contribution in [1.82, 2.24) is 5.32 Å². The fourth-order valence-electron chi connectivity index (χ4n) is 6.92. The molecule has 0 aliphatic carbocycles. The summed E-state index contributed by atoms with van der Waals surface area (Å²) in [7, 11) is -5.08. The van der Waals surface area contributed by atoms with Gasteiger partial charge in [-0.25, -0.2) is 4.18 Å². The molecule has 1 rings (SSSR count). The second-order valence-corrected chi connectivity index (χ2v) is 16.3. The minimum absolute atomic E-state index is 0.263. The fourth-order valence-corrected chi connectivity index (χ4v) is 7.43. The Morgan fingerprint density at radius 1 is 0.722 bits per heavy atom. The highest BCUT2D eigenvalue weighted by molar-refractivity contribution is 7.80. The fraction of sp³-hybridized carbons (Fsp3) is 0.927. The van der Waals surface area contributed by atoms with Crippen LogP contribution >= 0.6 is 0 Å². The second-order valence-electron chi connectivity index (χ2n) is 15.3. The molecule has 7 atom stereocenters. The van der Waals surface area contributed by atoms with Crippen LogP contribution < -0.4 is 5.32 Å². The average Bonchev–Trinajstić information content (AvgIpc) is 3.14. The van der Waals surface area contributed by atoms with E-state index >= 15 is 0 Å². The van der Waals surface area contributed by atoms with Crippen LogP contribution in [0, 0.1) is 0 Å². The summed E-state index contributed by atoms with van der Waals surface area (Å²) >= 11 is 0. The predicted octanol–water partition coefficient (Wildman–Crippen LogP) is 7.60. The number of nitrogens with one attached hydrogen (secondary N) is 1. The molecule has 12 nitrogen and oxygen atoms in total. The van der Waals surface area contributed by atoms with Gasteiger partial charge < -0.3 is 35.2 Å². The third-order valence-electron chi connectivity index (χ3n) is 10.3. The third kappa shape index (κ3) is 25.9. The number of ether oxygens (including phenoxy) is 2. The number of aliphatic hydroxyl groups excluding tert-OH is 4. The summed E-state index contributed by atoms with van der Waals surface area (Å²) in [6.07, 6.45) is 25.6. The number of hydrogen-bond donors (Lipinski definition) is 6. The Morgan fingerprint density at radius 3 is 1.61 bits per heavy atom. The Morgan fingerprint density at radius 2 is 1.17 bits per heavy atom. The number of amides is 1. The molecule has 0 bridgehead atoms. The first kappa shape index (κ1) is 50.9. The van der Waals surface area contributed by atoms with Gasteiger partial charge in [0.15, 0.2) is 6.29 Å². The molecular formula is C41H79NO11S. The van der Waals surface area contributed by atoms with E-state index in [-0.39, 0.29) is 18.9 Å². The van der Waals surface area contributed by atoms with Gasteiger partial charge in [0.2, 0.25) is 5.91 Å². The van der Waals surface area contributed by atoms with E-state index in [0.717, 1.165) is 44.9 Å². The van der Waals surface area contributed by atoms with Crippen molar-refractivity contribution in [3.05, 3.63) is 12.2 Å². The number of rotatable bonds is 36. The van der Waals surface area contributed by atoms with Crippen molar-refractivity contribution in [1.29, 1.82) is 0 Å². The van der Waals surface area contributed by atoms with Crippen LogP contribution in [-0.4, -0.2) is 95.4 Å². The van der Waals surface area contributed by atoms with Crippen LogP contribution in [-0.2, 0) is 28.9 Å². The topological polar surface area (TPSA) is 192 Å². The molecule has 320 valence electrons. The van der Waals surface area contributed by atoms with Gasteiger partial charge in [0.05, 0.1) is 25.4 Å². The van der Waals surface area contributed by atoms with E-state index in [9.17, 15) is 33.6 Å². The highest BCUT2D eigenvalue weighted by atomic mass is 32.3. The zero-order valence-electron chi connectivity index (χ0n) is 33.8. The first-order chi connectivity index (χ1) is 26.0. The SMILES string of the molecule is CCCCCCCCC/C=C/C(O)C(COC1OC(CO)C(O)C(OS(=O)(=O)O)C1O)NC(=O)CCCCCCCCCCCCCCCCCCCC. The largest absolute Gasteiger partial charge is 0.397 e. The minimum Gasteiger partial charge on any atom is -0.394 e. The van der Waals surface area contributed by atoms with E-state index in [1.54, 1.807) is 6.08 Å². The molecule has 6 N–H and O–H groups in total. The Labute approximate surface area is 328 Å². The smallest absolute Gasteiger partial charge is 0.394 e. The van der Waals surface area contributed by atoms with Crippen molar-refractivity contribution in [2.24, 2.45) is 0 Å². The molecule has 0 aromatic carbocycles. The van der Waals surface area contributed by atoms with E-state index in [1.807, 2.05) is 6.08 Å². The predicted molar refractivity (Wildman–Crippen MR) is 213 cm³/mol. The maximum atomic E-state index is 13.0. The summed E-state index contributed by atoms with van der Waals surface area (Å²) in [5.74, 6) is -0.263. The van der Waals surface area contributed by atoms with Crippen LogP contribution in [0.25, 0.3) is 0 Å². The van der Waals surface area contributed by atoms with Crippen molar-refractivity contribution in [2.75, 3.05) is 13.2 Å². The van der Waals surface area contributed by atoms with Crippen molar-refractivity contribution in [3.8, 4) is 0 Å². The van der Waals surface area contributed by atoms with Gasteiger partial charge in [-0.15, -0.1) is 0 Å². The standard InChI is InChI=1S/C41H79NO11S/c1-3-5-7-9-11-13-14-15-16-17-18-19-20-21-23-25-27-29-31-37(45)42-34(35(44)30-28-26-24-22-12-10-8-6-4-2)33-51-41-39(47)40(53-54(48,49)50)38(46)36(32-43)52-41/h28,30,34-36,38-41,43-44,46-47H,3-27,29,31-33H2,1-2H3,(H,42,45)(H,48,49,50)/b30-28+. The first-order valence-corrected chi connectivity index (χ1v) is 22.9. The second kappa shape index (κ2) is 32.9. The van der Waals surface area contributed by atoms with Crippen LogP contribution in [0.15, 0.2) is 12.2 Å². The third-order valence-corrected chi connectivity index (χ3v) is 10.8. The lowest BCUT2D eigenvalue weighted by Crippen LogP contribution is -2.61. The summed E-state index contributed by atoms with van der Waals surface area (Å²) < 4.78 is 47.4. The van der Waals surface area contributed by atoms with Crippen molar-refractivity contribution in [3.63, 3.8) is 0 Å². The van der Waals surface area contributed by atoms with Gasteiger partial charge in [0.1, 0.15) is 24.4 Å². The molecule has 0 aromatic rings. The molecule has 1 heterocycles. The molecule has 13 heteroatoms. The molecule has 1 saturated heterocycles. The van der Waals surface area contributed by atoms with Crippen LogP contribution in [0.4, 0.5) is 0 Å². The summed E-state index contributed by atoms with van der Waals surface area (Å²) in [6.45, 7) is 3.34. The maximum absolute atomic E-state index is 13.0. The van der Waals surface area contributed by atoms with E-state index in [0.29, 0.717) is 6.42 Å². The van der Waals surface area contributed by atoms with Gasteiger partial charge in [0.25, 0.3) is 0 Å². The summed E-state index contributed by atoms with van der Waals surface area (Å²) in [5, 5.41) is 44.5. The molecule has 1 aliphatic heterocycles. The lowest BCUT2D eigenvalue weighted by molar-refractivity contribution is -0.298. The normalized spacial score (nSPS) is 21.8. The number of unbranched alkanes of at least 4 members (excludes halogenated alkanes) is 24. The van der Waals surface area contributed by atoms with Gasteiger partial charge in [-0.2, -0.15) is 8.42 Å². The molecule has 0 radical (unpaired) electrons. The summed E-state index contributed by atoms with van der Waals surface area (Å²) in [5.41, 5.74) is 0. The van der Waals surface area contributed by atoms with Gasteiger partial charge >= 0.3 is 10.4 Å². The summed E-state index contributed by atoms with van der Waals surface area (Å²) in [6, 6.07) is -0.936. The molecule has 1 aliphatic rings. The van der Waals surface area contributed by atoms with E-state index in [4.69, 9.17) is 14.0 Å².